The summed E-state index contributed by atoms with van der Waals surface area (Å²) in [7, 11) is 1.87. The van der Waals surface area contributed by atoms with Gasteiger partial charge in [-0.25, -0.2) is 9.18 Å². The maximum Gasteiger partial charge on any atom is 0.322 e. The first-order valence-corrected chi connectivity index (χ1v) is 8.87. The monoisotopic (exact) mass is 369 g/mol. The van der Waals surface area contributed by atoms with Crippen LogP contribution >= 0.6 is 23.7 Å². The molecule has 4 nitrogen and oxygen atoms in total. The lowest BCUT2D eigenvalue weighted by Crippen LogP contribution is -2.58. The summed E-state index contributed by atoms with van der Waals surface area (Å²) in [6.07, 6.45) is 2.35. The van der Waals surface area contributed by atoms with Crippen molar-refractivity contribution in [2.75, 3.05) is 32.0 Å². The molecule has 2 aromatic rings. The fourth-order valence-electron chi connectivity index (χ4n) is 3.80. The molecule has 7 heteroatoms. The van der Waals surface area contributed by atoms with E-state index in [1.165, 1.54) is 30.2 Å². The molecule has 0 radical (unpaired) electrons. The number of benzene rings is 1. The summed E-state index contributed by atoms with van der Waals surface area (Å²) in [6.45, 7) is 3.29. The van der Waals surface area contributed by atoms with Gasteiger partial charge in [-0.1, -0.05) is 6.07 Å². The largest absolute Gasteiger partial charge is 0.323 e. The molecule has 2 amide bonds. The van der Waals surface area contributed by atoms with Gasteiger partial charge in [-0.3, -0.25) is 5.32 Å². The first kappa shape index (κ1) is 17.5. The number of nitrogens with one attached hydrogen (secondary N) is 1. The van der Waals surface area contributed by atoms with E-state index < -0.39 is 0 Å². The Labute approximate surface area is 151 Å². The number of piperidine rings is 3. The number of likely N-dealkylation sites (N-methyl/N-ethyl adjacent to an activating group) is 1. The molecule has 3 aliphatic heterocycles. The number of hydrogen-bond donors (Lipinski definition) is 1. The van der Waals surface area contributed by atoms with Crippen molar-refractivity contribution >= 4 is 44.9 Å². The van der Waals surface area contributed by atoms with Crippen molar-refractivity contribution in [3.05, 3.63) is 30.1 Å². The SMILES string of the molecule is CN(C(=O)Nc1cc2c(F)cccc2s1)[C@H]1CN2CCC1CC2.Cl. The quantitative estimate of drug-likeness (QED) is 0.867. The third-order valence-corrected chi connectivity index (χ3v) is 6.19. The van der Waals surface area contributed by atoms with Gasteiger partial charge in [-0.15, -0.1) is 23.7 Å². The average Bonchev–Trinajstić information content (AvgIpc) is 2.99. The molecule has 1 N–H and O–H groups in total. The first-order chi connectivity index (χ1) is 11.1. The van der Waals surface area contributed by atoms with Crippen molar-refractivity contribution in [1.29, 1.82) is 0 Å². The lowest BCUT2D eigenvalue weighted by Gasteiger charge is -2.47. The van der Waals surface area contributed by atoms with Gasteiger partial charge in [0.1, 0.15) is 5.82 Å². The van der Waals surface area contributed by atoms with Crippen molar-refractivity contribution in [2.24, 2.45) is 5.92 Å². The summed E-state index contributed by atoms with van der Waals surface area (Å²) in [6, 6.07) is 6.91. The lowest BCUT2D eigenvalue weighted by molar-refractivity contribution is 0.0336. The van der Waals surface area contributed by atoms with Crippen LogP contribution in [0.5, 0.6) is 0 Å². The molecule has 2 bridgehead atoms. The summed E-state index contributed by atoms with van der Waals surface area (Å²) in [5.41, 5.74) is 0. The third kappa shape index (κ3) is 3.10. The molecule has 1 aromatic heterocycles. The van der Waals surface area contributed by atoms with E-state index in [1.807, 2.05) is 18.0 Å². The number of urea groups is 1. The van der Waals surface area contributed by atoms with E-state index >= 15 is 0 Å². The van der Waals surface area contributed by atoms with Crippen LogP contribution in [-0.2, 0) is 0 Å². The highest BCUT2D eigenvalue weighted by Gasteiger charge is 2.37. The highest BCUT2D eigenvalue weighted by atomic mass is 35.5. The van der Waals surface area contributed by atoms with Crippen molar-refractivity contribution in [3.63, 3.8) is 0 Å². The zero-order valence-corrected chi connectivity index (χ0v) is 15.1. The van der Waals surface area contributed by atoms with E-state index in [-0.39, 0.29) is 30.3 Å². The smallest absolute Gasteiger partial charge is 0.322 e. The summed E-state index contributed by atoms with van der Waals surface area (Å²) in [5.74, 6) is 0.362. The van der Waals surface area contributed by atoms with E-state index in [4.69, 9.17) is 0 Å². The number of amides is 2. The van der Waals surface area contributed by atoms with Crippen molar-refractivity contribution in [1.82, 2.24) is 9.80 Å². The minimum absolute atomic E-state index is 0. The molecular formula is C17H21ClFN3OS. The summed E-state index contributed by atoms with van der Waals surface area (Å²) >= 11 is 1.41. The van der Waals surface area contributed by atoms with Gasteiger partial charge in [0.15, 0.2) is 0 Å². The van der Waals surface area contributed by atoms with E-state index in [9.17, 15) is 9.18 Å². The summed E-state index contributed by atoms with van der Waals surface area (Å²) in [5, 5.41) is 4.20. The van der Waals surface area contributed by atoms with Crippen LogP contribution in [0.15, 0.2) is 24.3 Å². The number of rotatable bonds is 2. The Hall–Kier alpha value is -1.37. The lowest BCUT2D eigenvalue weighted by atomic mass is 9.83. The summed E-state index contributed by atoms with van der Waals surface area (Å²) in [4.78, 5) is 16.8. The number of carbonyl (C=O) groups is 1. The Kier molecular flexibility index (Phi) is 4.99. The Morgan fingerprint density at radius 3 is 2.75 bits per heavy atom. The van der Waals surface area contributed by atoms with Crippen LogP contribution in [0.2, 0.25) is 0 Å². The van der Waals surface area contributed by atoms with Gasteiger partial charge in [0.25, 0.3) is 0 Å². The van der Waals surface area contributed by atoms with Gasteiger partial charge in [0.05, 0.1) is 5.00 Å². The van der Waals surface area contributed by atoms with E-state index in [2.05, 4.69) is 10.2 Å². The molecule has 130 valence electrons. The second-order valence-electron chi connectivity index (χ2n) is 6.51. The molecule has 0 unspecified atom stereocenters. The zero-order chi connectivity index (χ0) is 16.0. The second-order valence-corrected chi connectivity index (χ2v) is 7.59. The Balaban J connectivity index is 0.00000169. The van der Waals surface area contributed by atoms with Crippen LogP contribution in [0.25, 0.3) is 10.1 Å². The predicted octanol–water partition coefficient (Wildman–Crippen LogP) is 4.02. The molecule has 5 rings (SSSR count). The van der Waals surface area contributed by atoms with Crippen LogP contribution < -0.4 is 5.32 Å². The first-order valence-electron chi connectivity index (χ1n) is 8.06. The van der Waals surface area contributed by atoms with Crippen LogP contribution in [0.3, 0.4) is 0 Å². The fourth-order valence-corrected chi connectivity index (χ4v) is 4.77. The number of thiophene rings is 1. The maximum absolute atomic E-state index is 13.8. The molecule has 0 aliphatic carbocycles. The molecule has 3 saturated heterocycles. The maximum atomic E-state index is 13.8. The molecule has 0 saturated carbocycles. The molecule has 24 heavy (non-hydrogen) atoms. The van der Waals surface area contributed by atoms with Crippen LogP contribution in [0.4, 0.5) is 14.2 Å². The van der Waals surface area contributed by atoms with Gasteiger partial charge in [0.2, 0.25) is 0 Å². The van der Waals surface area contributed by atoms with Crippen molar-refractivity contribution in [3.8, 4) is 0 Å². The Morgan fingerprint density at radius 2 is 2.12 bits per heavy atom. The van der Waals surface area contributed by atoms with Gasteiger partial charge in [0, 0.05) is 29.7 Å². The Morgan fingerprint density at radius 1 is 1.38 bits per heavy atom. The molecule has 3 aliphatic rings. The molecule has 3 fully saturated rings. The summed E-state index contributed by atoms with van der Waals surface area (Å²) < 4.78 is 14.6. The van der Waals surface area contributed by atoms with E-state index in [0.29, 0.717) is 16.3 Å². The number of carbonyl (C=O) groups excluding carboxylic acids is 1. The fraction of sp³-hybridized carbons (Fsp3) is 0.471. The highest BCUT2D eigenvalue weighted by Crippen LogP contribution is 2.33. The third-order valence-electron chi connectivity index (χ3n) is 5.18. The molecular weight excluding hydrogens is 349 g/mol. The number of hydrogen-bond acceptors (Lipinski definition) is 3. The van der Waals surface area contributed by atoms with E-state index in [1.54, 1.807) is 12.1 Å². The Bertz CT molecular complexity index is 745. The van der Waals surface area contributed by atoms with E-state index in [0.717, 1.165) is 24.3 Å². The number of fused-ring (bicyclic) bond motifs is 4. The molecule has 1 aromatic carbocycles. The minimum atomic E-state index is -0.245. The topological polar surface area (TPSA) is 35.6 Å². The van der Waals surface area contributed by atoms with Gasteiger partial charge in [-0.2, -0.15) is 0 Å². The van der Waals surface area contributed by atoms with Crippen LogP contribution in [-0.4, -0.2) is 48.6 Å². The molecule has 0 spiro atoms. The minimum Gasteiger partial charge on any atom is -0.323 e. The number of nitrogens with zero attached hydrogens (tertiary/aromatic N) is 2. The van der Waals surface area contributed by atoms with Gasteiger partial charge < -0.3 is 9.80 Å². The van der Waals surface area contributed by atoms with Crippen LogP contribution in [0, 0.1) is 11.7 Å². The normalized spacial score (nSPS) is 25.3. The van der Waals surface area contributed by atoms with Crippen molar-refractivity contribution in [2.45, 2.75) is 18.9 Å². The average molecular weight is 370 g/mol. The number of halogens is 2. The van der Waals surface area contributed by atoms with Crippen LogP contribution in [0.1, 0.15) is 12.8 Å². The highest BCUT2D eigenvalue weighted by molar-refractivity contribution is 7.22. The van der Waals surface area contributed by atoms with Gasteiger partial charge >= 0.3 is 6.03 Å². The second kappa shape index (κ2) is 6.86. The van der Waals surface area contributed by atoms with Gasteiger partial charge in [-0.05, 0) is 50.0 Å². The zero-order valence-electron chi connectivity index (χ0n) is 13.5. The molecule has 1 atom stereocenters. The number of anilines is 1. The standard InChI is InChI=1S/C17H20FN3OS.ClH/c1-20(14-10-21-7-5-11(14)6-8-21)17(22)19-16-9-12-13(18)3-2-4-15(12)23-16;/h2-4,9,11,14H,5-8,10H2,1H3,(H,19,22);1H/t14-;/m0./s1. The molecule has 4 heterocycles. The predicted molar refractivity (Wildman–Crippen MR) is 98.8 cm³/mol. The van der Waals surface area contributed by atoms with Crippen molar-refractivity contribution < 1.29 is 9.18 Å².